The summed E-state index contributed by atoms with van der Waals surface area (Å²) in [5.74, 6) is -0.949. The summed E-state index contributed by atoms with van der Waals surface area (Å²) in [5, 5.41) is 3.95. The van der Waals surface area contributed by atoms with Crippen molar-refractivity contribution in [2.24, 2.45) is 0 Å². The zero-order chi connectivity index (χ0) is 15.5. The smallest absolute Gasteiger partial charge is 0.419 e. The van der Waals surface area contributed by atoms with Crippen LogP contribution in [-0.4, -0.2) is 16.4 Å². The third-order valence-electron chi connectivity index (χ3n) is 2.70. The van der Waals surface area contributed by atoms with Gasteiger partial charge in [-0.25, -0.2) is 4.39 Å². The van der Waals surface area contributed by atoms with Gasteiger partial charge >= 0.3 is 6.18 Å². The van der Waals surface area contributed by atoms with Gasteiger partial charge in [0.1, 0.15) is 17.4 Å². The minimum Gasteiger partial charge on any atom is -0.494 e. The first-order valence-corrected chi connectivity index (χ1v) is 6.15. The lowest BCUT2D eigenvalue weighted by molar-refractivity contribution is -0.140. The maximum atomic E-state index is 13.1. The monoisotopic (exact) mass is 303 g/mol. The topological polar surface area (TPSA) is 53.1 Å². The molecule has 2 N–H and O–H groups in total. The quantitative estimate of drug-likeness (QED) is 0.682. The fourth-order valence-electron chi connectivity index (χ4n) is 1.73. The Hall–Kier alpha value is -2.25. The summed E-state index contributed by atoms with van der Waals surface area (Å²) in [6, 6.07) is 4.19. The molecule has 114 valence electrons. The molecule has 2 rings (SSSR count). The van der Waals surface area contributed by atoms with Crippen molar-refractivity contribution in [1.29, 1.82) is 0 Å². The Bertz CT molecular complexity index is 610. The molecule has 0 amide bonds. The van der Waals surface area contributed by atoms with E-state index in [2.05, 4.69) is 5.10 Å². The third kappa shape index (κ3) is 4.11. The largest absolute Gasteiger partial charge is 0.494 e. The van der Waals surface area contributed by atoms with Crippen molar-refractivity contribution in [3.8, 4) is 5.75 Å². The van der Waals surface area contributed by atoms with E-state index < -0.39 is 17.6 Å². The van der Waals surface area contributed by atoms with E-state index in [9.17, 15) is 17.6 Å². The van der Waals surface area contributed by atoms with Gasteiger partial charge in [-0.05, 0) is 24.3 Å². The Morgan fingerprint density at radius 3 is 2.62 bits per heavy atom. The normalized spacial score (nSPS) is 11.6. The summed E-state index contributed by atoms with van der Waals surface area (Å²) >= 11 is 0. The highest BCUT2D eigenvalue weighted by atomic mass is 19.4. The molecule has 0 aliphatic heterocycles. The van der Waals surface area contributed by atoms with Gasteiger partial charge in [0.15, 0.2) is 0 Å². The van der Waals surface area contributed by atoms with Crippen LogP contribution in [0.4, 0.5) is 23.4 Å². The van der Waals surface area contributed by atoms with E-state index in [-0.39, 0.29) is 12.4 Å². The second kappa shape index (κ2) is 6.02. The molecule has 0 fully saturated rings. The van der Waals surface area contributed by atoms with Crippen LogP contribution in [0.15, 0.2) is 30.5 Å². The fraction of sp³-hybridized carbons (Fsp3) is 0.308. The van der Waals surface area contributed by atoms with E-state index in [1.165, 1.54) is 0 Å². The highest BCUT2D eigenvalue weighted by molar-refractivity contribution is 5.31. The number of aryl methyl sites for hydroxylation is 1. The van der Waals surface area contributed by atoms with Crippen LogP contribution < -0.4 is 10.5 Å². The Kier molecular flexibility index (Phi) is 4.35. The van der Waals surface area contributed by atoms with E-state index in [4.69, 9.17) is 10.5 Å². The molecule has 4 nitrogen and oxygen atoms in total. The molecule has 0 saturated carbocycles. The van der Waals surface area contributed by atoms with Gasteiger partial charge in [0.05, 0.1) is 12.2 Å². The highest BCUT2D eigenvalue weighted by Gasteiger charge is 2.34. The van der Waals surface area contributed by atoms with Crippen molar-refractivity contribution in [3.63, 3.8) is 0 Å². The van der Waals surface area contributed by atoms with Crippen LogP contribution >= 0.6 is 0 Å². The minimum atomic E-state index is -4.74. The number of nitrogen functional groups attached to an aromatic ring is 1. The number of rotatable bonds is 5. The van der Waals surface area contributed by atoms with Gasteiger partial charge < -0.3 is 10.5 Å². The number of nitrogens with zero attached hydrogens (tertiary/aromatic N) is 2. The highest BCUT2D eigenvalue weighted by Crippen LogP contribution is 2.33. The molecule has 21 heavy (non-hydrogen) atoms. The summed E-state index contributed by atoms with van der Waals surface area (Å²) < 4.78 is 57.4. The van der Waals surface area contributed by atoms with Gasteiger partial charge in [0.25, 0.3) is 0 Å². The number of hydrogen-bond acceptors (Lipinski definition) is 3. The van der Waals surface area contributed by atoms with E-state index in [0.717, 1.165) is 12.1 Å². The van der Waals surface area contributed by atoms with Crippen LogP contribution in [0.3, 0.4) is 0 Å². The average molecular weight is 303 g/mol. The Morgan fingerprint density at radius 2 is 2.00 bits per heavy atom. The second-order valence-electron chi connectivity index (χ2n) is 4.35. The molecule has 1 aromatic heterocycles. The third-order valence-corrected chi connectivity index (χ3v) is 2.70. The lowest BCUT2D eigenvalue weighted by Crippen LogP contribution is -2.09. The van der Waals surface area contributed by atoms with Crippen molar-refractivity contribution in [1.82, 2.24) is 9.78 Å². The molecule has 0 spiro atoms. The summed E-state index contributed by atoms with van der Waals surface area (Å²) in [4.78, 5) is 0. The number of hydrogen-bond donors (Lipinski definition) is 1. The van der Waals surface area contributed by atoms with Crippen molar-refractivity contribution < 1.29 is 22.3 Å². The average Bonchev–Trinajstić information content (AvgIpc) is 2.81. The molecule has 0 bridgehead atoms. The van der Waals surface area contributed by atoms with Crippen LogP contribution in [-0.2, 0) is 12.7 Å². The SMILES string of the molecule is Nc1ccn(CCCOc2ccc(F)c(C(F)(F)F)c2)n1. The van der Waals surface area contributed by atoms with Gasteiger partial charge in [-0.15, -0.1) is 0 Å². The van der Waals surface area contributed by atoms with E-state index in [1.807, 2.05) is 0 Å². The van der Waals surface area contributed by atoms with Gasteiger partial charge in [-0.2, -0.15) is 18.3 Å². The summed E-state index contributed by atoms with van der Waals surface area (Å²) in [6.45, 7) is 0.702. The minimum absolute atomic E-state index is 0.0243. The Morgan fingerprint density at radius 1 is 1.24 bits per heavy atom. The zero-order valence-electron chi connectivity index (χ0n) is 10.9. The molecule has 0 radical (unpaired) electrons. The van der Waals surface area contributed by atoms with E-state index >= 15 is 0 Å². The molecule has 1 aromatic carbocycles. The van der Waals surface area contributed by atoms with Crippen molar-refractivity contribution >= 4 is 5.82 Å². The first-order chi connectivity index (χ1) is 9.86. The number of benzene rings is 1. The number of nitrogens with two attached hydrogens (primary N) is 1. The van der Waals surface area contributed by atoms with Crippen LogP contribution in [0.1, 0.15) is 12.0 Å². The van der Waals surface area contributed by atoms with Gasteiger partial charge in [0.2, 0.25) is 0 Å². The molecular formula is C13H13F4N3O. The second-order valence-corrected chi connectivity index (χ2v) is 4.35. The van der Waals surface area contributed by atoms with Crippen molar-refractivity contribution in [2.75, 3.05) is 12.3 Å². The molecule has 2 aromatic rings. The van der Waals surface area contributed by atoms with Crippen LogP contribution in [0.2, 0.25) is 0 Å². The lowest BCUT2D eigenvalue weighted by Gasteiger charge is -2.11. The molecule has 0 atom stereocenters. The molecule has 8 heteroatoms. The Balaban J connectivity index is 1.89. The van der Waals surface area contributed by atoms with Gasteiger partial charge in [-0.1, -0.05) is 0 Å². The molecule has 0 aliphatic rings. The predicted molar refractivity (Wildman–Crippen MR) is 68.2 cm³/mol. The Labute approximate surface area is 118 Å². The van der Waals surface area contributed by atoms with Gasteiger partial charge in [-0.3, -0.25) is 4.68 Å². The predicted octanol–water partition coefficient (Wildman–Crippen LogP) is 3.09. The fourth-order valence-corrected chi connectivity index (χ4v) is 1.73. The summed E-state index contributed by atoms with van der Waals surface area (Å²) in [6.07, 6.45) is -2.52. The number of alkyl halides is 3. The maximum Gasteiger partial charge on any atom is 0.419 e. The van der Waals surface area contributed by atoms with Crippen molar-refractivity contribution in [3.05, 3.63) is 41.8 Å². The number of halogens is 4. The standard InChI is InChI=1S/C13H13F4N3O/c14-11-3-2-9(8-10(11)13(15,16)17)21-7-1-5-20-6-4-12(18)19-20/h2-4,6,8H,1,5,7H2,(H2,18,19). The van der Waals surface area contributed by atoms with Crippen LogP contribution in [0, 0.1) is 5.82 Å². The number of ether oxygens (including phenoxy) is 1. The molecule has 0 saturated heterocycles. The molecule has 0 aliphatic carbocycles. The van der Waals surface area contributed by atoms with E-state index in [1.54, 1.807) is 16.9 Å². The molecular weight excluding hydrogens is 290 g/mol. The first kappa shape index (κ1) is 15.1. The van der Waals surface area contributed by atoms with Crippen molar-refractivity contribution in [2.45, 2.75) is 19.1 Å². The summed E-state index contributed by atoms with van der Waals surface area (Å²) in [5.41, 5.74) is 4.11. The lowest BCUT2D eigenvalue weighted by atomic mass is 10.2. The van der Waals surface area contributed by atoms with Crippen LogP contribution in [0.25, 0.3) is 0 Å². The molecule has 1 heterocycles. The molecule has 0 unspecified atom stereocenters. The first-order valence-electron chi connectivity index (χ1n) is 6.15. The van der Waals surface area contributed by atoms with Crippen LogP contribution in [0.5, 0.6) is 5.75 Å². The van der Waals surface area contributed by atoms with Gasteiger partial charge in [0, 0.05) is 19.2 Å². The summed E-state index contributed by atoms with van der Waals surface area (Å²) in [7, 11) is 0. The number of aromatic nitrogens is 2. The van der Waals surface area contributed by atoms with E-state index in [0.29, 0.717) is 24.8 Å². The zero-order valence-corrected chi connectivity index (χ0v) is 10.9. The number of anilines is 1. The maximum absolute atomic E-state index is 13.1.